The molecule has 0 aliphatic rings. The number of benzene rings is 2. The summed E-state index contributed by atoms with van der Waals surface area (Å²) in [6.45, 7) is 1.79. The van der Waals surface area contributed by atoms with Gasteiger partial charge in [0.15, 0.2) is 6.29 Å². The van der Waals surface area contributed by atoms with Crippen LogP contribution < -0.4 is 5.32 Å². The number of fused-ring (bicyclic) bond motifs is 1. The molecule has 0 aliphatic carbocycles. The number of halogens is 5. The molecule has 0 spiro atoms. The third kappa shape index (κ3) is 4.69. The van der Waals surface area contributed by atoms with Crippen molar-refractivity contribution in [3.05, 3.63) is 87.0 Å². The average Bonchev–Trinajstić information content (AvgIpc) is 3.08. The molecule has 0 atom stereocenters. The number of hydrogen-bond donors (Lipinski definition) is 1. The Kier molecular flexibility index (Phi) is 6.22. The van der Waals surface area contributed by atoms with Gasteiger partial charge in [-0.15, -0.1) is 0 Å². The third-order valence-corrected chi connectivity index (χ3v) is 5.63. The number of nitrogens with one attached hydrogen (secondary N) is 1. The average molecular weight is 535 g/mol. The van der Waals surface area contributed by atoms with Gasteiger partial charge in [-0.05, 0) is 48.9 Å². The molecule has 174 valence electrons. The summed E-state index contributed by atoms with van der Waals surface area (Å²) >= 11 is 3.25. The monoisotopic (exact) mass is 534 g/mol. The maximum atomic E-state index is 13.4. The van der Waals surface area contributed by atoms with E-state index in [4.69, 9.17) is 0 Å². The minimum absolute atomic E-state index is 0.0116. The summed E-state index contributed by atoms with van der Waals surface area (Å²) in [6, 6.07) is 10.7. The highest BCUT2D eigenvalue weighted by atomic mass is 79.9. The number of aromatic nitrogens is 3. The summed E-state index contributed by atoms with van der Waals surface area (Å²) in [4.78, 5) is 28.4. The third-order valence-electron chi connectivity index (χ3n) is 5.14. The van der Waals surface area contributed by atoms with Crippen molar-refractivity contribution in [3.8, 4) is 0 Å². The van der Waals surface area contributed by atoms with Gasteiger partial charge in [0.05, 0.1) is 29.0 Å². The lowest BCUT2D eigenvalue weighted by Gasteiger charge is -2.13. The molecule has 11 heteroatoms. The van der Waals surface area contributed by atoms with Gasteiger partial charge < -0.3 is 5.32 Å². The minimum atomic E-state index is -4.76. The summed E-state index contributed by atoms with van der Waals surface area (Å²) in [5.41, 5.74) is -0.424. The largest absolute Gasteiger partial charge is 0.433 e. The van der Waals surface area contributed by atoms with Crippen LogP contribution in [0.1, 0.15) is 37.8 Å². The highest BCUT2D eigenvalue weighted by Crippen LogP contribution is 2.32. The summed E-state index contributed by atoms with van der Waals surface area (Å²) < 4.78 is 55.4. The van der Waals surface area contributed by atoms with E-state index in [1.165, 1.54) is 35.0 Å². The zero-order chi connectivity index (χ0) is 24.6. The number of anilines is 1. The Morgan fingerprint density at radius 1 is 1.15 bits per heavy atom. The number of hydrogen-bond acceptors (Lipinski definition) is 4. The van der Waals surface area contributed by atoms with E-state index in [9.17, 15) is 27.2 Å². The van der Waals surface area contributed by atoms with Crippen molar-refractivity contribution in [3.63, 3.8) is 0 Å². The second-order valence-electron chi connectivity index (χ2n) is 7.42. The van der Waals surface area contributed by atoms with Crippen LogP contribution in [0.25, 0.3) is 10.9 Å². The van der Waals surface area contributed by atoms with E-state index in [0.717, 1.165) is 0 Å². The molecule has 0 radical (unpaired) electrons. The number of alkyl halides is 3. The van der Waals surface area contributed by atoms with Crippen LogP contribution in [0.5, 0.6) is 0 Å². The molecule has 1 amide bonds. The van der Waals surface area contributed by atoms with Gasteiger partial charge in [-0.3, -0.25) is 14.3 Å². The fourth-order valence-electron chi connectivity index (χ4n) is 3.44. The molecule has 4 aromatic rings. The molecule has 0 saturated carbocycles. The van der Waals surface area contributed by atoms with Crippen LogP contribution in [0, 0.1) is 12.7 Å². The number of carbonyl (C=O) groups excluding carboxylic acids is 2. The second-order valence-corrected chi connectivity index (χ2v) is 8.33. The molecule has 0 unspecified atom stereocenters. The van der Waals surface area contributed by atoms with Crippen LogP contribution in [0.3, 0.4) is 0 Å². The van der Waals surface area contributed by atoms with Crippen molar-refractivity contribution >= 4 is 44.7 Å². The van der Waals surface area contributed by atoms with Crippen LogP contribution in [0.15, 0.2) is 53.0 Å². The van der Waals surface area contributed by atoms with Gasteiger partial charge in [0.1, 0.15) is 17.2 Å². The molecule has 0 fully saturated rings. The van der Waals surface area contributed by atoms with E-state index < -0.39 is 23.6 Å². The Bertz CT molecular complexity index is 1420. The smallest absolute Gasteiger partial charge is 0.318 e. The quantitative estimate of drug-likeness (QED) is 0.260. The van der Waals surface area contributed by atoms with Gasteiger partial charge in [-0.25, -0.2) is 9.37 Å². The number of amides is 1. The molecule has 1 N–H and O–H groups in total. The minimum Gasteiger partial charge on any atom is -0.318 e. The molecular formula is C23H15BrF4N4O2. The molecule has 0 aliphatic heterocycles. The van der Waals surface area contributed by atoms with Gasteiger partial charge in [0, 0.05) is 9.86 Å². The van der Waals surface area contributed by atoms with Crippen LogP contribution in [-0.4, -0.2) is 27.0 Å². The van der Waals surface area contributed by atoms with Gasteiger partial charge >= 0.3 is 6.18 Å². The van der Waals surface area contributed by atoms with Crippen molar-refractivity contribution in [2.24, 2.45) is 0 Å². The molecule has 0 saturated heterocycles. The fraction of sp³-hybridized carbons (Fsp3) is 0.130. The van der Waals surface area contributed by atoms with Crippen molar-refractivity contribution in [2.75, 3.05) is 5.32 Å². The predicted octanol–water partition coefficient (Wildman–Crippen LogP) is 5.77. The normalized spacial score (nSPS) is 11.6. The summed E-state index contributed by atoms with van der Waals surface area (Å²) in [7, 11) is 0. The maximum Gasteiger partial charge on any atom is 0.433 e. The van der Waals surface area contributed by atoms with E-state index >= 15 is 0 Å². The highest BCUT2D eigenvalue weighted by molar-refractivity contribution is 9.10. The Balaban J connectivity index is 1.74. The molecule has 4 rings (SSSR count). The van der Waals surface area contributed by atoms with Crippen molar-refractivity contribution in [1.29, 1.82) is 0 Å². The molecule has 2 aromatic heterocycles. The second kappa shape index (κ2) is 8.98. The first-order valence-electron chi connectivity index (χ1n) is 9.82. The van der Waals surface area contributed by atoms with E-state index in [1.807, 2.05) is 0 Å². The zero-order valence-electron chi connectivity index (χ0n) is 17.5. The number of aldehydes is 1. The van der Waals surface area contributed by atoms with Crippen molar-refractivity contribution in [1.82, 2.24) is 14.8 Å². The lowest BCUT2D eigenvalue weighted by atomic mass is 10.1. The summed E-state index contributed by atoms with van der Waals surface area (Å²) in [5.74, 6) is -1.26. The van der Waals surface area contributed by atoms with Crippen LogP contribution in [-0.2, 0) is 12.7 Å². The standard InChI is InChI=1S/C23H15BrF4N4O2/c1-12-21(19(11-33)31-32(12)10-13-2-5-15(25)6-3-13)30-22(34)17-9-20(23(26,27)28)29-18-7-4-14(24)8-16(17)18/h2-9,11H,10H2,1H3,(H,30,34). The zero-order valence-corrected chi connectivity index (χ0v) is 19.0. The Morgan fingerprint density at radius 3 is 2.50 bits per heavy atom. The predicted molar refractivity (Wildman–Crippen MR) is 120 cm³/mol. The molecule has 2 heterocycles. The molecule has 0 bridgehead atoms. The van der Waals surface area contributed by atoms with Gasteiger partial charge in [0.25, 0.3) is 5.91 Å². The lowest BCUT2D eigenvalue weighted by Crippen LogP contribution is -2.17. The molecule has 34 heavy (non-hydrogen) atoms. The SMILES string of the molecule is Cc1c(NC(=O)c2cc(C(F)(F)F)nc3ccc(Br)cc23)c(C=O)nn1Cc1ccc(F)cc1. The van der Waals surface area contributed by atoms with Gasteiger partial charge in [0.2, 0.25) is 0 Å². The number of pyridine rings is 1. The Morgan fingerprint density at radius 2 is 1.85 bits per heavy atom. The lowest BCUT2D eigenvalue weighted by molar-refractivity contribution is -0.140. The first-order chi connectivity index (χ1) is 16.1. The van der Waals surface area contributed by atoms with Crippen LogP contribution >= 0.6 is 15.9 Å². The number of carbonyl (C=O) groups is 2. The summed E-state index contributed by atoms with van der Waals surface area (Å²) in [6.07, 6.45) is -4.33. The summed E-state index contributed by atoms with van der Waals surface area (Å²) in [5, 5.41) is 6.89. The topological polar surface area (TPSA) is 76.9 Å². The first kappa shape index (κ1) is 23.6. The van der Waals surface area contributed by atoms with E-state index in [-0.39, 0.29) is 34.4 Å². The highest BCUT2D eigenvalue weighted by Gasteiger charge is 2.34. The van der Waals surface area contributed by atoms with E-state index in [1.54, 1.807) is 19.1 Å². The maximum absolute atomic E-state index is 13.4. The first-order valence-corrected chi connectivity index (χ1v) is 10.6. The van der Waals surface area contributed by atoms with Crippen molar-refractivity contribution in [2.45, 2.75) is 19.6 Å². The van der Waals surface area contributed by atoms with Crippen LogP contribution in [0.2, 0.25) is 0 Å². The van der Waals surface area contributed by atoms with Crippen LogP contribution in [0.4, 0.5) is 23.2 Å². The molecule has 6 nitrogen and oxygen atoms in total. The van der Waals surface area contributed by atoms with E-state index in [2.05, 4.69) is 31.3 Å². The molecular weight excluding hydrogens is 520 g/mol. The number of nitrogens with zero attached hydrogens (tertiary/aromatic N) is 3. The molecule has 2 aromatic carbocycles. The fourth-order valence-corrected chi connectivity index (χ4v) is 3.80. The Hall–Kier alpha value is -3.60. The van der Waals surface area contributed by atoms with Gasteiger partial charge in [-0.2, -0.15) is 18.3 Å². The number of rotatable bonds is 5. The Labute approximate surface area is 198 Å². The van der Waals surface area contributed by atoms with Gasteiger partial charge in [-0.1, -0.05) is 28.1 Å². The van der Waals surface area contributed by atoms with Crippen molar-refractivity contribution < 1.29 is 27.2 Å². The van der Waals surface area contributed by atoms with E-state index in [0.29, 0.717) is 28.1 Å².